The fraction of sp³-hybridized carbons (Fsp3) is 0.533. The van der Waals surface area contributed by atoms with Crippen LogP contribution in [-0.2, 0) is 17.8 Å². The highest BCUT2D eigenvalue weighted by atomic mass is 16.4. The number of rotatable bonds is 5. The number of hydrogen-bond donors (Lipinski definition) is 2. The van der Waals surface area contributed by atoms with Crippen LogP contribution in [0.1, 0.15) is 24.0 Å². The Morgan fingerprint density at radius 3 is 2.42 bits per heavy atom. The summed E-state index contributed by atoms with van der Waals surface area (Å²) in [6, 6.07) is 8.44. The maximum atomic E-state index is 10.6. The minimum absolute atomic E-state index is 0.0999. The Morgan fingerprint density at radius 2 is 1.84 bits per heavy atom. The molecule has 1 aromatic carbocycles. The maximum Gasteiger partial charge on any atom is 0.307 e. The summed E-state index contributed by atoms with van der Waals surface area (Å²) in [5, 5.41) is 12.3. The number of hydrogen-bond acceptors (Lipinski definition) is 3. The molecule has 1 aliphatic rings. The van der Waals surface area contributed by atoms with Crippen molar-refractivity contribution in [2.45, 2.75) is 31.8 Å². The smallest absolute Gasteiger partial charge is 0.307 e. The van der Waals surface area contributed by atoms with Crippen molar-refractivity contribution in [1.29, 1.82) is 0 Å². The van der Waals surface area contributed by atoms with Crippen LogP contribution in [0.3, 0.4) is 0 Å². The Morgan fingerprint density at radius 1 is 1.26 bits per heavy atom. The van der Waals surface area contributed by atoms with Crippen LogP contribution in [-0.4, -0.2) is 42.2 Å². The first kappa shape index (κ1) is 14.0. The molecule has 1 aliphatic heterocycles. The number of carboxylic acid groups (broad SMARTS) is 1. The van der Waals surface area contributed by atoms with Crippen LogP contribution in [0.2, 0.25) is 0 Å². The van der Waals surface area contributed by atoms with Gasteiger partial charge in [0.1, 0.15) is 0 Å². The Kier molecular flexibility index (Phi) is 4.93. The van der Waals surface area contributed by atoms with E-state index < -0.39 is 5.97 Å². The van der Waals surface area contributed by atoms with Gasteiger partial charge in [-0.05, 0) is 44.1 Å². The van der Waals surface area contributed by atoms with Gasteiger partial charge in [-0.3, -0.25) is 4.79 Å². The second-order valence-corrected chi connectivity index (χ2v) is 5.35. The summed E-state index contributed by atoms with van der Waals surface area (Å²) in [5.74, 6) is -0.780. The first-order valence-electron chi connectivity index (χ1n) is 6.85. The number of benzene rings is 1. The lowest BCUT2D eigenvalue weighted by Gasteiger charge is -2.29. The van der Waals surface area contributed by atoms with E-state index >= 15 is 0 Å². The summed E-state index contributed by atoms with van der Waals surface area (Å²) < 4.78 is 0. The standard InChI is InChI=1S/C15H22N2O2/c1-17-8-6-14(7-9-17)16-11-13-4-2-12(3-5-13)10-15(18)19/h2-5,14,16H,6-11H2,1H3,(H,18,19). The summed E-state index contributed by atoms with van der Waals surface area (Å²) in [4.78, 5) is 13.0. The average Bonchev–Trinajstić information content (AvgIpc) is 2.39. The number of piperidine rings is 1. The second-order valence-electron chi connectivity index (χ2n) is 5.35. The molecule has 4 nitrogen and oxygen atoms in total. The summed E-state index contributed by atoms with van der Waals surface area (Å²) >= 11 is 0. The Bertz CT molecular complexity index is 409. The zero-order valence-electron chi connectivity index (χ0n) is 11.4. The lowest BCUT2D eigenvalue weighted by molar-refractivity contribution is -0.136. The van der Waals surface area contributed by atoms with Crippen molar-refractivity contribution in [3.05, 3.63) is 35.4 Å². The number of carboxylic acids is 1. The first-order valence-corrected chi connectivity index (χ1v) is 6.85. The molecule has 1 heterocycles. The van der Waals surface area contributed by atoms with Crippen molar-refractivity contribution >= 4 is 5.97 Å². The molecule has 4 heteroatoms. The van der Waals surface area contributed by atoms with Gasteiger partial charge in [0.25, 0.3) is 0 Å². The van der Waals surface area contributed by atoms with Crippen molar-refractivity contribution in [2.75, 3.05) is 20.1 Å². The number of aliphatic carboxylic acids is 1. The topological polar surface area (TPSA) is 52.6 Å². The maximum absolute atomic E-state index is 10.6. The van der Waals surface area contributed by atoms with E-state index in [1.54, 1.807) is 0 Å². The number of carbonyl (C=O) groups is 1. The van der Waals surface area contributed by atoms with Gasteiger partial charge in [0.15, 0.2) is 0 Å². The Hall–Kier alpha value is -1.39. The quantitative estimate of drug-likeness (QED) is 0.844. The summed E-state index contributed by atoms with van der Waals surface area (Å²) in [5.41, 5.74) is 2.07. The van der Waals surface area contributed by atoms with Gasteiger partial charge in [-0.25, -0.2) is 0 Å². The lowest BCUT2D eigenvalue weighted by atomic mass is 10.0. The average molecular weight is 262 g/mol. The minimum atomic E-state index is -0.780. The molecular formula is C15H22N2O2. The molecule has 0 atom stereocenters. The Labute approximate surface area is 114 Å². The van der Waals surface area contributed by atoms with Crippen molar-refractivity contribution < 1.29 is 9.90 Å². The molecule has 104 valence electrons. The molecule has 0 amide bonds. The minimum Gasteiger partial charge on any atom is -0.481 e. The molecule has 0 aromatic heterocycles. The van der Waals surface area contributed by atoms with Crippen LogP contribution >= 0.6 is 0 Å². The fourth-order valence-electron chi connectivity index (χ4n) is 2.42. The number of nitrogens with one attached hydrogen (secondary N) is 1. The highest BCUT2D eigenvalue weighted by Crippen LogP contribution is 2.10. The van der Waals surface area contributed by atoms with Crippen LogP contribution in [0.4, 0.5) is 0 Å². The molecule has 0 aliphatic carbocycles. The van der Waals surface area contributed by atoms with Crippen LogP contribution in [0.15, 0.2) is 24.3 Å². The molecule has 0 unspecified atom stereocenters. The van der Waals surface area contributed by atoms with Gasteiger partial charge in [-0.1, -0.05) is 24.3 Å². The van der Waals surface area contributed by atoms with Crippen LogP contribution in [0.25, 0.3) is 0 Å². The van der Waals surface area contributed by atoms with Gasteiger partial charge >= 0.3 is 5.97 Å². The van der Waals surface area contributed by atoms with E-state index in [1.165, 1.54) is 18.4 Å². The zero-order valence-corrected chi connectivity index (χ0v) is 11.4. The van der Waals surface area contributed by atoms with Gasteiger partial charge in [0.2, 0.25) is 0 Å². The molecule has 2 N–H and O–H groups in total. The molecule has 19 heavy (non-hydrogen) atoms. The SMILES string of the molecule is CN1CCC(NCc2ccc(CC(=O)O)cc2)CC1. The molecule has 1 aromatic rings. The van der Waals surface area contributed by atoms with Crippen molar-refractivity contribution in [3.8, 4) is 0 Å². The van der Waals surface area contributed by atoms with Crippen molar-refractivity contribution in [1.82, 2.24) is 10.2 Å². The molecule has 2 rings (SSSR count). The number of likely N-dealkylation sites (tertiary alicyclic amines) is 1. The van der Waals surface area contributed by atoms with E-state index in [0.29, 0.717) is 6.04 Å². The molecule has 1 fully saturated rings. The van der Waals surface area contributed by atoms with Gasteiger partial charge in [0, 0.05) is 12.6 Å². The highest BCUT2D eigenvalue weighted by molar-refractivity contribution is 5.70. The zero-order chi connectivity index (χ0) is 13.7. The summed E-state index contributed by atoms with van der Waals surface area (Å²) in [7, 11) is 2.16. The largest absolute Gasteiger partial charge is 0.481 e. The Balaban J connectivity index is 1.78. The lowest BCUT2D eigenvalue weighted by Crippen LogP contribution is -2.40. The van der Waals surface area contributed by atoms with E-state index in [9.17, 15) is 4.79 Å². The van der Waals surface area contributed by atoms with E-state index in [1.807, 2.05) is 24.3 Å². The molecule has 0 bridgehead atoms. The highest BCUT2D eigenvalue weighted by Gasteiger charge is 2.15. The summed E-state index contributed by atoms with van der Waals surface area (Å²) in [6.07, 6.45) is 2.50. The van der Waals surface area contributed by atoms with Gasteiger partial charge in [-0.15, -0.1) is 0 Å². The van der Waals surface area contributed by atoms with Crippen LogP contribution in [0, 0.1) is 0 Å². The normalized spacial score (nSPS) is 17.5. The van der Waals surface area contributed by atoms with Crippen LogP contribution < -0.4 is 5.32 Å². The molecule has 0 spiro atoms. The molecule has 1 saturated heterocycles. The monoisotopic (exact) mass is 262 g/mol. The number of nitrogens with zero attached hydrogens (tertiary/aromatic N) is 1. The first-order chi connectivity index (χ1) is 9.13. The van der Waals surface area contributed by atoms with E-state index in [-0.39, 0.29) is 6.42 Å². The molecular weight excluding hydrogens is 240 g/mol. The fourth-order valence-corrected chi connectivity index (χ4v) is 2.42. The molecule has 0 saturated carbocycles. The van der Waals surface area contributed by atoms with Crippen LogP contribution in [0.5, 0.6) is 0 Å². The third kappa shape index (κ3) is 4.65. The molecule has 0 radical (unpaired) electrons. The predicted octanol–water partition coefficient (Wildman–Crippen LogP) is 1.50. The van der Waals surface area contributed by atoms with E-state index in [4.69, 9.17) is 5.11 Å². The van der Waals surface area contributed by atoms with Crippen molar-refractivity contribution in [3.63, 3.8) is 0 Å². The third-order valence-electron chi connectivity index (χ3n) is 3.69. The predicted molar refractivity (Wildman–Crippen MR) is 75.1 cm³/mol. The second kappa shape index (κ2) is 6.68. The summed E-state index contributed by atoms with van der Waals surface area (Å²) in [6.45, 7) is 3.19. The van der Waals surface area contributed by atoms with E-state index in [0.717, 1.165) is 25.2 Å². The van der Waals surface area contributed by atoms with E-state index in [2.05, 4.69) is 17.3 Å². The van der Waals surface area contributed by atoms with Gasteiger partial charge < -0.3 is 15.3 Å². The van der Waals surface area contributed by atoms with Gasteiger partial charge in [-0.2, -0.15) is 0 Å². The van der Waals surface area contributed by atoms with Gasteiger partial charge in [0.05, 0.1) is 6.42 Å². The van der Waals surface area contributed by atoms with Crippen molar-refractivity contribution in [2.24, 2.45) is 0 Å². The third-order valence-corrected chi connectivity index (χ3v) is 3.69.